The summed E-state index contributed by atoms with van der Waals surface area (Å²) in [6, 6.07) is 11.9. The van der Waals surface area contributed by atoms with Crippen LogP contribution in [0.15, 0.2) is 48.0 Å². The Hall–Kier alpha value is -3.32. The second-order valence-corrected chi connectivity index (χ2v) is 8.58. The molecule has 0 unspecified atom stereocenters. The van der Waals surface area contributed by atoms with Crippen molar-refractivity contribution in [1.82, 2.24) is 9.80 Å². The first-order valence-electron chi connectivity index (χ1n) is 12.2. The number of ketones is 1. The molecule has 1 heterocycles. The van der Waals surface area contributed by atoms with E-state index in [0.29, 0.717) is 42.2 Å². The number of likely N-dealkylation sites (tertiary alicyclic amines) is 1. The number of carbonyl (C=O) groups excluding carboxylic acids is 2. The highest BCUT2D eigenvalue weighted by Crippen LogP contribution is 2.42. The molecule has 0 aromatic heterocycles. The molecule has 7 heteroatoms. The maximum absolute atomic E-state index is 13.2. The van der Waals surface area contributed by atoms with Crippen LogP contribution in [-0.2, 0) is 9.59 Å². The van der Waals surface area contributed by atoms with E-state index in [1.54, 1.807) is 36.3 Å². The number of hydrogen-bond donors (Lipinski definition) is 1. The van der Waals surface area contributed by atoms with Crippen molar-refractivity contribution in [3.05, 3.63) is 64.7 Å². The van der Waals surface area contributed by atoms with Gasteiger partial charge in [-0.2, -0.15) is 0 Å². The van der Waals surface area contributed by atoms with Gasteiger partial charge in [0.15, 0.2) is 11.5 Å². The van der Waals surface area contributed by atoms with E-state index in [1.807, 2.05) is 32.0 Å². The number of ether oxygens (including phenoxy) is 2. The van der Waals surface area contributed by atoms with Crippen molar-refractivity contribution in [3.8, 4) is 11.5 Å². The summed E-state index contributed by atoms with van der Waals surface area (Å²) in [6.07, 6.45) is 0.712. The van der Waals surface area contributed by atoms with E-state index in [-0.39, 0.29) is 11.3 Å². The zero-order valence-corrected chi connectivity index (χ0v) is 21.3. The number of aryl methyl sites for hydroxylation is 1. The van der Waals surface area contributed by atoms with Crippen LogP contribution in [0.4, 0.5) is 0 Å². The number of methoxy groups -OCH3 is 1. The molecular formula is C28H36N2O5. The van der Waals surface area contributed by atoms with Gasteiger partial charge in [0.2, 0.25) is 0 Å². The number of aliphatic hydroxyl groups excluding tert-OH is 1. The van der Waals surface area contributed by atoms with Gasteiger partial charge in [-0.05, 0) is 57.6 Å². The lowest BCUT2D eigenvalue weighted by molar-refractivity contribution is -0.140. The largest absolute Gasteiger partial charge is 0.507 e. The summed E-state index contributed by atoms with van der Waals surface area (Å²) in [5.41, 5.74) is 2.31. The summed E-state index contributed by atoms with van der Waals surface area (Å²) in [5, 5.41) is 11.2. The number of carbonyl (C=O) groups is 2. The normalized spacial score (nSPS) is 17.3. The lowest BCUT2D eigenvalue weighted by Gasteiger charge is -2.27. The summed E-state index contributed by atoms with van der Waals surface area (Å²) in [7, 11) is 1.55. The molecular weight excluding hydrogens is 444 g/mol. The van der Waals surface area contributed by atoms with Crippen molar-refractivity contribution in [3.63, 3.8) is 0 Å². The molecule has 0 radical (unpaired) electrons. The van der Waals surface area contributed by atoms with E-state index < -0.39 is 17.7 Å². The minimum atomic E-state index is -0.724. The van der Waals surface area contributed by atoms with Crippen LogP contribution in [-0.4, -0.2) is 66.5 Å². The fourth-order valence-electron chi connectivity index (χ4n) is 4.46. The zero-order chi connectivity index (χ0) is 25.5. The summed E-state index contributed by atoms with van der Waals surface area (Å²) in [4.78, 5) is 30.3. The van der Waals surface area contributed by atoms with Crippen LogP contribution in [0.25, 0.3) is 5.76 Å². The molecule has 7 nitrogen and oxygen atoms in total. The van der Waals surface area contributed by atoms with Gasteiger partial charge < -0.3 is 24.4 Å². The predicted octanol–water partition coefficient (Wildman–Crippen LogP) is 4.56. The van der Waals surface area contributed by atoms with Crippen molar-refractivity contribution < 1.29 is 24.2 Å². The number of amides is 1. The van der Waals surface area contributed by atoms with Gasteiger partial charge in [0.05, 0.1) is 25.3 Å². The quantitative estimate of drug-likeness (QED) is 0.289. The monoisotopic (exact) mass is 480 g/mol. The lowest BCUT2D eigenvalue weighted by Crippen LogP contribution is -2.33. The van der Waals surface area contributed by atoms with Crippen molar-refractivity contribution in [2.75, 3.05) is 39.9 Å². The molecule has 0 saturated carbocycles. The van der Waals surface area contributed by atoms with E-state index >= 15 is 0 Å². The Morgan fingerprint density at radius 1 is 1.03 bits per heavy atom. The summed E-state index contributed by atoms with van der Waals surface area (Å²) >= 11 is 0. The first-order valence-corrected chi connectivity index (χ1v) is 12.2. The van der Waals surface area contributed by atoms with E-state index in [1.165, 1.54) is 0 Å². The molecule has 1 aliphatic heterocycles. The molecule has 0 aliphatic carbocycles. The molecule has 0 bridgehead atoms. The Balaban J connectivity index is 2.08. The smallest absolute Gasteiger partial charge is 0.295 e. The molecule has 1 amide bonds. The SMILES string of the molecule is CCOc1ccc([C@@H]2/C(=C(\O)c3ccc(C)cc3)C(=O)C(=O)N2CCCN(CC)CC)cc1OC. The maximum atomic E-state index is 13.2. The molecule has 0 spiro atoms. The number of hydrogen-bond acceptors (Lipinski definition) is 6. The molecule has 1 atom stereocenters. The zero-order valence-electron chi connectivity index (χ0n) is 21.3. The van der Waals surface area contributed by atoms with E-state index in [2.05, 4.69) is 18.7 Å². The van der Waals surface area contributed by atoms with Gasteiger partial charge in [0, 0.05) is 12.1 Å². The van der Waals surface area contributed by atoms with Crippen LogP contribution in [0.3, 0.4) is 0 Å². The fraction of sp³-hybridized carbons (Fsp3) is 0.429. The summed E-state index contributed by atoms with van der Waals surface area (Å²) in [6.45, 7) is 11.6. The summed E-state index contributed by atoms with van der Waals surface area (Å²) < 4.78 is 11.2. The minimum Gasteiger partial charge on any atom is -0.507 e. The average molecular weight is 481 g/mol. The third-order valence-electron chi connectivity index (χ3n) is 6.44. The van der Waals surface area contributed by atoms with Crippen molar-refractivity contribution in [2.45, 2.75) is 40.2 Å². The Morgan fingerprint density at radius 3 is 2.31 bits per heavy atom. The van der Waals surface area contributed by atoms with Crippen LogP contribution in [0.1, 0.15) is 49.9 Å². The molecule has 188 valence electrons. The van der Waals surface area contributed by atoms with Gasteiger partial charge in [-0.1, -0.05) is 49.7 Å². The van der Waals surface area contributed by atoms with E-state index in [4.69, 9.17) is 9.47 Å². The Bertz CT molecular complexity index is 1070. The highest BCUT2D eigenvalue weighted by Gasteiger charge is 2.46. The van der Waals surface area contributed by atoms with Crippen LogP contribution < -0.4 is 9.47 Å². The lowest BCUT2D eigenvalue weighted by atomic mass is 9.94. The van der Waals surface area contributed by atoms with Crippen LogP contribution in [0, 0.1) is 6.92 Å². The first-order chi connectivity index (χ1) is 16.9. The second kappa shape index (κ2) is 11.9. The topological polar surface area (TPSA) is 79.3 Å². The molecule has 2 aromatic carbocycles. The molecule has 1 fully saturated rings. The van der Waals surface area contributed by atoms with Crippen LogP contribution in [0.2, 0.25) is 0 Å². The maximum Gasteiger partial charge on any atom is 0.295 e. The van der Waals surface area contributed by atoms with E-state index in [0.717, 1.165) is 25.2 Å². The molecule has 1 saturated heterocycles. The average Bonchev–Trinajstić information content (AvgIpc) is 3.12. The van der Waals surface area contributed by atoms with Crippen LogP contribution in [0.5, 0.6) is 11.5 Å². The Morgan fingerprint density at radius 2 is 1.71 bits per heavy atom. The second-order valence-electron chi connectivity index (χ2n) is 8.58. The van der Waals surface area contributed by atoms with Crippen molar-refractivity contribution >= 4 is 17.4 Å². The first kappa shape index (κ1) is 26.3. The molecule has 1 N–H and O–H groups in total. The fourth-order valence-corrected chi connectivity index (χ4v) is 4.46. The minimum absolute atomic E-state index is 0.0907. The highest BCUT2D eigenvalue weighted by atomic mass is 16.5. The number of nitrogens with zero attached hydrogens (tertiary/aromatic N) is 2. The highest BCUT2D eigenvalue weighted by molar-refractivity contribution is 6.46. The standard InChI is InChI=1S/C28H36N2O5/c1-6-29(7-2)16-9-17-30-25(21-14-15-22(35-8-3)23(18-21)34-5)24(27(32)28(30)33)26(31)20-12-10-19(4)11-13-20/h10-15,18,25,31H,6-9,16-17H2,1-5H3/b26-24+/t25-/m1/s1. The number of aliphatic hydroxyl groups is 1. The van der Waals surface area contributed by atoms with E-state index in [9.17, 15) is 14.7 Å². The van der Waals surface area contributed by atoms with Gasteiger partial charge in [-0.25, -0.2) is 0 Å². The number of rotatable bonds is 11. The van der Waals surface area contributed by atoms with Gasteiger partial charge in [-0.3, -0.25) is 9.59 Å². The van der Waals surface area contributed by atoms with Gasteiger partial charge in [-0.15, -0.1) is 0 Å². The van der Waals surface area contributed by atoms with Crippen molar-refractivity contribution in [2.24, 2.45) is 0 Å². The number of Topliss-reactive ketones (excluding diaryl/α,β-unsaturated/α-hetero) is 1. The molecule has 3 rings (SSSR count). The Labute approximate surface area is 207 Å². The summed E-state index contributed by atoms with van der Waals surface area (Å²) in [5.74, 6) is -0.364. The predicted molar refractivity (Wildman–Crippen MR) is 137 cm³/mol. The van der Waals surface area contributed by atoms with Crippen LogP contribution >= 0.6 is 0 Å². The third kappa shape index (κ3) is 5.68. The van der Waals surface area contributed by atoms with Gasteiger partial charge >= 0.3 is 0 Å². The van der Waals surface area contributed by atoms with Gasteiger partial charge in [0.1, 0.15) is 5.76 Å². The molecule has 1 aliphatic rings. The Kier molecular flexibility index (Phi) is 8.93. The number of benzene rings is 2. The molecule has 35 heavy (non-hydrogen) atoms. The third-order valence-corrected chi connectivity index (χ3v) is 6.44. The van der Waals surface area contributed by atoms with Gasteiger partial charge in [0.25, 0.3) is 11.7 Å². The molecule has 2 aromatic rings. The van der Waals surface area contributed by atoms with Crippen molar-refractivity contribution in [1.29, 1.82) is 0 Å².